The Morgan fingerprint density at radius 3 is 2.56 bits per heavy atom. The molecule has 1 atom stereocenters. The average Bonchev–Trinajstić information content (AvgIpc) is 2.35. The quantitative estimate of drug-likeness (QED) is 0.772. The molecule has 4 heteroatoms. The zero-order valence-electron chi connectivity index (χ0n) is 9.56. The fourth-order valence-electron chi connectivity index (χ4n) is 1.20. The van der Waals surface area contributed by atoms with Crippen LogP contribution in [0.3, 0.4) is 0 Å². The molecule has 0 heterocycles. The van der Waals surface area contributed by atoms with Gasteiger partial charge in [-0.05, 0) is 36.9 Å². The Balaban J connectivity index is 2.52. The van der Waals surface area contributed by atoms with E-state index in [1.807, 2.05) is 25.3 Å². The van der Waals surface area contributed by atoms with Crippen molar-refractivity contribution in [2.24, 2.45) is 0 Å². The highest BCUT2D eigenvalue weighted by Crippen LogP contribution is 2.14. The fourth-order valence-corrected chi connectivity index (χ4v) is 1.61. The van der Waals surface area contributed by atoms with E-state index in [1.165, 1.54) is 0 Å². The number of aliphatic hydroxyl groups excluding tert-OH is 1. The average molecular weight is 239 g/mol. The molecule has 1 unspecified atom stereocenters. The second-order valence-corrected chi connectivity index (χ2v) is 4.38. The minimum Gasteiger partial charge on any atom is -0.391 e. The minimum atomic E-state index is -0.463. The molecule has 2 N–H and O–H groups in total. The van der Waals surface area contributed by atoms with E-state index in [1.54, 1.807) is 23.9 Å². The molecule has 88 valence electrons. The van der Waals surface area contributed by atoms with Crippen LogP contribution < -0.4 is 5.32 Å². The van der Waals surface area contributed by atoms with Crippen molar-refractivity contribution in [1.82, 2.24) is 5.32 Å². The zero-order valence-corrected chi connectivity index (χ0v) is 10.4. The molecule has 0 aromatic heterocycles. The first-order valence-corrected chi connectivity index (χ1v) is 6.50. The molecule has 1 amide bonds. The Labute approximate surface area is 100 Å². The molecule has 0 aliphatic rings. The lowest BCUT2D eigenvalue weighted by Crippen LogP contribution is -2.31. The second-order valence-electron chi connectivity index (χ2n) is 3.50. The van der Waals surface area contributed by atoms with Gasteiger partial charge in [0.25, 0.3) is 5.91 Å². The smallest absolute Gasteiger partial charge is 0.251 e. The summed E-state index contributed by atoms with van der Waals surface area (Å²) < 4.78 is 0. The normalized spacial score (nSPS) is 12.2. The van der Waals surface area contributed by atoms with Crippen molar-refractivity contribution >= 4 is 17.7 Å². The first-order chi connectivity index (χ1) is 7.67. The zero-order chi connectivity index (χ0) is 12.0. The van der Waals surface area contributed by atoms with E-state index in [-0.39, 0.29) is 5.91 Å². The summed E-state index contributed by atoms with van der Waals surface area (Å²) in [7, 11) is 0. The molecule has 1 aromatic carbocycles. The van der Waals surface area contributed by atoms with Crippen LogP contribution in [0.2, 0.25) is 0 Å². The molecular weight excluding hydrogens is 222 g/mol. The van der Waals surface area contributed by atoms with Crippen LogP contribution in [0.25, 0.3) is 0 Å². The lowest BCUT2D eigenvalue weighted by molar-refractivity contribution is 0.0914. The van der Waals surface area contributed by atoms with Gasteiger partial charge in [-0.15, -0.1) is 11.8 Å². The number of benzene rings is 1. The summed E-state index contributed by atoms with van der Waals surface area (Å²) in [6.45, 7) is 2.18. The molecule has 16 heavy (non-hydrogen) atoms. The highest BCUT2D eigenvalue weighted by atomic mass is 32.2. The predicted molar refractivity (Wildman–Crippen MR) is 66.9 cm³/mol. The molecule has 0 bridgehead atoms. The van der Waals surface area contributed by atoms with Gasteiger partial charge in [-0.3, -0.25) is 4.79 Å². The van der Waals surface area contributed by atoms with Crippen LogP contribution in [0.4, 0.5) is 0 Å². The van der Waals surface area contributed by atoms with Crippen molar-refractivity contribution in [3.8, 4) is 0 Å². The molecule has 3 nitrogen and oxygen atoms in total. The van der Waals surface area contributed by atoms with E-state index >= 15 is 0 Å². The molecule has 0 aliphatic heterocycles. The number of carbonyl (C=O) groups is 1. The molecule has 0 spiro atoms. The highest BCUT2D eigenvalue weighted by Gasteiger charge is 2.07. The number of carbonyl (C=O) groups excluding carboxylic acids is 1. The number of thioether (sulfide) groups is 1. The molecule has 0 fully saturated rings. The van der Waals surface area contributed by atoms with Crippen LogP contribution in [0.1, 0.15) is 23.7 Å². The third-order valence-corrected chi connectivity index (χ3v) is 3.07. The van der Waals surface area contributed by atoms with E-state index in [0.717, 1.165) is 4.90 Å². The number of hydrogen-bond acceptors (Lipinski definition) is 3. The van der Waals surface area contributed by atoms with Gasteiger partial charge in [0.05, 0.1) is 6.10 Å². The van der Waals surface area contributed by atoms with Gasteiger partial charge >= 0.3 is 0 Å². The highest BCUT2D eigenvalue weighted by molar-refractivity contribution is 7.98. The van der Waals surface area contributed by atoms with Crippen LogP contribution in [0, 0.1) is 0 Å². The van der Waals surface area contributed by atoms with Crippen LogP contribution in [-0.2, 0) is 0 Å². The molecule has 1 aromatic rings. The standard InChI is InChI=1S/C12H17NO2S/c1-3-10(14)8-13-12(15)9-4-6-11(16-2)7-5-9/h4-7,10,14H,3,8H2,1-2H3,(H,13,15). The number of aliphatic hydroxyl groups is 1. The molecule has 0 aliphatic carbocycles. The van der Waals surface area contributed by atoms with Crippen LogP contribution in [0.15, 0.2) is 29.2 Å². The third kappa shape index (κ3) is 3.87. The van der Waals surface area contributed by atoms with E-state index < -0.39 is 6.10 Å². The molecule has 0 radical (unpaired) electrons. The van der Waals surface area contributed by atoms with E-state index in [0.29, 0.717) is 18.5 Å². The summed E-state index contributed by atoms with van der Waals surface area (Å²) in [5, 5.41) is 12.0. The molecule has 0 saturated heterocycles. The first kappa shape index (κ1) is 13.1. The van der Waals surface area contributed by atoms with Crippen molar-refractivity contribution in [1.29, 1.82) is 0 Å². The lowest BCUT2D eigenvalue weighted by Gasteiger charge is -2.09. The van der Waals surface area contributed by atoms with Gasteiger partial charge in [0, 0.05) is 17.0 Å². The Hall–Kier alpha value is -1.00. The minimum absolute atomic E-state index is 0.139. The molecule has 1 rings (SSSR count). The SMILES string of the molecule is CCC(O)CNC(=O)c1ccc(SC)cc1. The van der Waals surface area contributed by atoms with Gasteiger partial charge in [-0.25, -0.2) is 0 Å². The van der Waals surface area contributed by atoms with Crippen molar-refractivity contribution in [2.45, 2.75) is 24.3 Å². The van der Waals surface area contributed by atoms with Gasteiger partial charge in [0.15, 0.2) is 0 Å². The summed E-state index contributed by atoms with van der Waals surface area (Å²) in [6.07, 6.45) is 2.17. The summed E-state index contributed by atoms with van der Waals surface area (Å²) in [6, 6.07) is 7.41. The summed E-state index contributed by atoms with van der Waals surface area (Å²) in [4.78, 5) is 12.8. The Kier molecular flexibility index (Phi) is 5.35. The summed E-state index contributed by atoms with van der Waals surface area (Å²) in [5.74, 6) is -0.139. The van der Waals surface area contributed by atoms with Gasteiger partial charge in [-0.2, -0.15) is 0 Å². The van der Waals surface area contributed by atoms with Crippen molar-refractivity contribution < 1.29 is 9.90 Å². The summed E-state index contributed by atoms with van der Waals surface area (Å²) >= 11 is 1.64. The van der Waals surface area contributed by atoms with Gasteiger partial charge in [0.2, 0.25) is 0 Å². The maximum absolute atomic E-state index is 11.6. The van der Waals surface area contributed by atoms with Crippen LogP contribution in [0.5, 0.6) is 0 Å². The monoisotopic (exact) mass is 239 g/mol. The van der Waals surface area contributed by atoms with Gasteiger partial charge < -0.3 is 10.4 Å². The Morgan fingerprint density at radius 1 is 1.44 bits per heavy atom. The van der Waals surface area contributed by atoms with E-state index in [9.17, 15) is 9.90 Å². The largest absolute Gasteiger partial charge is 0.391 e. The first-order valence-electron chi connectivity index (χ1n) is 5.27. The predicted octanol–water partition coefficient (Wildman–Crippen LogP) is 1.91. The van der Waals surface area contributed by atoms with Crippen molar-refractivity contribution in [2.75, 3.05) is 12.8 Å². The van der Waals surface area contributed by atoms with E-state index in [4.69, 9.17) is 0 Å². The fraction of sp³-hybridized carbons (Fsp3) is 0.417. The van der Waals surface area contributed by atoms with Crippen molar-refractivity contribution in [3.63, 3.8) is 0 Å². The maximum atomic E-state index is 11.6. The maximum Gasteiger partial charge on any atom is 0.251 e. The van der Waals surface area contributed by atoms with Crippen LogP contribution >= 0.6 is 11.8 Å². The van der Waals surface area contributed by atoms with E-state index in [2.05, 4.69) is 5.32 Å². The third-order valence-electron chi connectivity index (χ3n) is 2.32. The number of hydrogen-bond donors (Lipinski definition) is 2. The molecule has 0 saturated carbocycles. The van der Waals surface area contributed by atoms with Crippen molar-refractivity contribution in [3.05, 3.63) is 29.8 Å². The Bertz CT molecular complexity index is 337. The number of nitrogens with one attached hydrogen (secondary N) is 1. The number of rotatable bonds is 5. The van der Waals surface area contributed by atoms with Gasteiger partial charge in [-0.1, -0.05) is 6.92 Å². The van der Waals surface area contributed by atoms with Gasteiger partial charge in [0.1, 0.15) is 0 Å². The molecular formula is C12H17NO2S. The van der Waals surface area contributed by atoms with Crippen LogP contribution in [-0.4, -0.2) is 29.9 Å². The summed E-state index contributed by atoms with van der Waals surface area (Å²) in [5.41, 5.74) is 0.626. The second kappa shape index (κ2) is 6.55. The number of amides is 1. The topological polar surface area (TPSA) is 49.3 Å². The Morgan fingerprint density at radius 2 is 2.06 bits per heavy atom. The lowest BCUT2D eigenvalue weighted by atomic mass is 10.2.